The number of fused-ring (bicyclic) bond motifs is 1. The fourth-order valence-electron chi connectivity index (χ4n) is 1.80. The first-order valence-electron chi connectivity index (χ1n) is 6.55. The highest BCUT2D eigenvalue weighted by Crippen LogP contribution is 2.20. The van der Waals surface area contributed by atoms with Gasteiger partial charge in [0.05, 0.1) is 0 Å². The lowest BCUT2D eigenvalue weighted by molar-refractivity contribution is 0.414. The number of rotatable bonds is 5. The van der Waals surface area contributed by atoms with Crippen LogP contribution in [0.25, 0.3) is 5.65 Å². The topological polar surface area (TPSA) is 89.5 Å². The van der Waals surface area contributed by atoms with Crippen molar-refractivity contribution in [3.8, 4) is 0 Å². The van der Waals surface area contributed by atoms with Crippen molar-refractivity contribution in [2.24, 2.45) is 11.8 Å². The molecule has 2 aromatic heterocycles. The zero-order valence-electron chi connectivity index (χ0n) is 11.9. The van der Waals surface area contributed by atoms with Crippen LogP contribution in [0.15, 0.2) is 29.4 Å². The molecule has 3 N–H and O–H groups in total. The van der Waals surface area contributed by atoms with E-state index in [-0.39, 0.29) is 16.8 Å². The van der Waals surface area contributed by atoms with Gasteiger partial charge in [-0.15, -0.1) is 0 Å². The summed E-state index contributed by atoms with van der Waals surface area (Å²) in [5, 5.41) is 0.00376. The highest BCUT2D eigenvalue weighted by Gasteiger charge is 2.24. The van der Waals surface area contributed by atoms with E-state index >= 15 is 0 Å². The first kappa shape index (κ1) is 14.8. The number of pyridine rings is 1. The molecule has 0 aliphatic heterocycles. The fourth-order valence-corrected chi connectivity index (χ4v) is 3.16. The van der Waals surface area contributed by atoms with Crippen molar-refractivity contribution in [1.29, 1.82) is 0 Å². The molecule has 2 heterocycles. The van der Waals surface area contributed by atoms with E-state index in [0.29, 0.717) is 18.1 Å². The molecule has 0 saturated heterocycles. The maximum absolute atomic E-state index is 12.4. The summed E-state index contributed by atoms with van der Waals surface area (Å²) in [7, 11) is -3.68. The Morgan fingerprint density at radius 3 is 2.70 bits per heavy atom. The predicted molar refractivity (Wildman–Crippen MR) is 78.8 cm³/mol. The Kier molecular flexibility index (Phi) is 4.01. The number of nitrogen functional groups attached to an aromatic ring is 1. The molecule has 0 aromatic carbocycles. The maximum Gasteiger partial charge on any atom is 0.260 e. The Balaban J connectivity index is 2.35. The SMILES string of the molecule is CC(C)C(C)CNS(=O)(=O)c1c(N)nc2ccccn12. The maximum atomic E-state index is 12.4. The zero-order chi connectivity index (χ0) is 14.9. The number of aromatic nitrogens is 2. The van der Waals surface area contributed by atoms with Crippen LogP contribution in [0.4, 0.5) is 5.82 Å². The summed E-state index contributed by atoms with van der Waals surface area (Å²) in [5.41, 5.74) is 6.27. The Labute approximate surface area is 119 Å². The minimum atomic E-state index is -3.68. The third-order valence-electron chi connectivity index (χ3n) is 3.50. The van der Waals surface area contributed by atoms with E-state index in [1.165, 1.54) is 4.40 Å². The molecule has 6 nitrogen and oxygen atoms in total. The van der Waals surface area contributed by atoms with Crippen molar-refractivity contribution < 1.29 is 8.42 Å². The van der Waals surface area contributed by atoms with Crippen LogP contribution in [-0.4, -0.2) is 24.3 Å². The molecule has 7 heteroatoms. The van der Waals surface area contributed by atoms with Gasteiger partial charge in [-0.05, 0) is 24.0 Å². The van der Waals surface area contributed by atoms with Gasteiger partial charge in [-0.2, -0.15) is 0 Å². The lowest BCUT2D eigenvalue weighted by Gasteiger charge is -2.16. The number of hydrogen-bond donors (Lipinski definition) is 2. The van der Waals surface area contributed by atoms with Gasteiger partial charge in [-0.3, -0.25) is 4.40 Å². The van der Waals surface area contributed by atoms with Crippen molar-refractivity contribution in [3.63, 3.8) is 0 Å². The Bertz CT molecular complexity index is 706. The summed E-state index contributed by atoms with van der Waals surface area (Å²) in [6.45, 7) is 6.49. The van der Waals surface area contributed by atoms with E-state index in [4.69, 9.17) is 5.73 Å². The molecule has 1 unspecified atom stereocenters. The van der Waals surface area contributed by atoms with Crippen molar-refractivity contribution in [2.45, 2.75) is 25.8 Å². The first-order valence-corrected chi connectivity index (χ1v) is 8.03. The minimum Gasteiger partial charge on any atom is -0.381 e. The van der Waals surface area contributed by atoms with Gasteiger partial charge in [0.15, 0.2) is 10.8 Å². The molecule has 0 spiro atoms. The summed E-state index contributed by atoms with van der Waals surface area (Å²) < 4.78 is 28.9. The molecular formula is C13H20N4O2S. The van der Waals surface area contributed by atoms with Gasteiger partial charge in [0.1, 0.15) is 5.65 Å². The highest BCUT2D eigenvalue weighted by atomic mass is 32.2. The number of imidazole rings is 1. The van der Waals surface area contributed by atoms with Crippen molar-refractivity contribution in [1.82, 2.24) is 14.1 Å². The van der Waals surface area contributed by atoms with Crippen LogP contribution in [0.5, 0.6) is 0 Å². The second-order valence-corrected chi connectivity index (χ2v) is 6.99. The van der Waals surface area contributed by atoms with Crippen LogP contribution >= 0.6 is 0 Å². The second kappa shape index (κ2) is 5.41. The molecule has 0 aliphatic carbocycles. The third-order valence-corrected chi connectivity index (χ3v) is 4.96. The monoisotopic (exact) mass is 296 g/mol. The number of hydrogen-bond acceptors (Lipinski definition) is 4. The molecule has 1 atom stereocenters. The van der Waals surface area contributed by atoms with Gasteiger partial charge in [-0.25, -0.2) is 18.1 Å². The predicted octanol–water partition coefficient (Wildman–Crippen LogP) is 1.49. The quantitative estimate of drug-likeness (QED) is 0.874. The van der Waals surface area contributed by atoms with Crippen LogP contribution in [-0.2, 0) is 10.0 Å². The molecule has 20 heavy (non-hydrogen) atoms. The van der Waals surface area contributed by atoms with Gasteiger partial charge < -0.3 is 5.73 Å². The molecule has 0 aliphatic rings. The molecule has 0 saturated carbocycles. The molecule has 0 amide bonds. The number of nitrogens with zero attached hydrogens (tertiary/aromatic N) is 2. The molecule has 2 rings (SSSR count). The Hall–Kier alpha value is -1.60. The van der Waals surface area contributed by atoms with Gasteiger partial charge in [-0.1, -0.05) is 26.8 Å². The largest absolute Gasteiger partial charge is 0.381 e. The summed E-state index contributed by atoms with van der Waals surface area (Å²) in [6, 6.07) is 5.24. The van der Waals surface area contributed by atoms with E-state index in [1.54, 1.807) is 24.4 Å². The van der Waals surface area contributed by atoms with Gasteiger partial charge in [0, 0.05) is 12.7 Å². The summed E-state index contributed by atoms with van der Waals surface area (Å²) >= 11 is 0. The average molecular weight is 296 g/mol. The average Bonchev–Trinajstić information content (AvgIpc) is 2.72. The molecule has 0 radical (unpaired) electrons. The first-order chi connectivity index (χ1) is 9.33. The van der Waals surface area contributed by atoms with Crippen LogP contribution in [0.1, 0.15) is 20.8 Å². The minimum absolute atomic E-state index is 0.00376. The normalized spacial score (nSPS) is 14.0. The standard InChI is InChI=1S/C13H20N4O2S/c1-9(2)10(3)8-15-20(18,19)13-12(14)16-11-6-4-5-7-17(11)13/h4-7,9-10,15H,8,14H2,1-3H3. The van der Waals surface area contributed by atoms with E-state index in [2.05, 4.69) is 23.6 Å². The Morgan fingerprint density at radius 1 is 1.35 bits per heavy atom. The summed E-state index contributed by atoms with van der Waals surface area (Å²) in [5.74, 6) is 0.656. The van der Waals surface area contributed by atoms with E-state index < -0.39 is 10.0 Å². The number of anilines is 1. The number of nitrogens with one attached hydrogen (secondary N) is 1. The van der Waals surface area contributed by atoms with Gasteiger partial charge in [0.25, 0.3) is 10.0 Å². The van der Waals surface area contributed by atoms with Crippen LogP contribution in [0.3, 0.4) is 0 Å². The van der Waals surface area contributed by atoms with Crippen molar-refractivity contribution in [3.05, 3.63) is 24.4 Å². The van der Waals surface area contributed by atoms with Crippen molar-refractivity contribution in [2.75, 3.05) is 12.3 Å². The van der Waals surface area contributed by atoms with E-state index in [1.807, 2.05) is 6.92 Å². The van der Waals surface area contributed by atoms with Crippen LogP contribution in [0, 0.1) is 11.8 Å². The summed E-state index contributed by atoms with van der Waals surface area (Å²) in [4.78, 5) is 4.06. The lowest BCUT2D eigenvalue weighted by Crippen LogP contribution is -2.31. The highest BCUT2D eigenvalue weighted by molar-refractivity contribution is 7.89. The lowest BCUT2D eigenvalue weighted by atomic mass is 9.99. The van der Waals surface area contributed by atoms with E-state index in [0.717, 1.165) is 0 Å². The molecule has 0 fully saturated rings. The zero-order valence-corrected chi connectivity index (χ0v) is 12.7. The second-order valence-electron chi connectivity index (χ2n) is 5.30. The molecule has 0 bridgehead atoms. The smallest absolute Gasteiger partial charge is 0.260 e. The summed E-state index contributed by atoms with van der Waals surface area (Å²) in [6.07, 6.45) is 1.64. The number of nitrogens with two attached hydrogens (primary N) is 1. The van der Waals surface area contributed by atoms with Crippen LogP contribution < -0.4 is 10.5 Å². The number of sulfonamides is 1. The van der Waals surface area contributed by atoms with Gasteiger partial charge >= 0.3 is 0 Å². The molecule has 110 valence electrons. The van der Waals surface area contributed by atoms with E-state index in [9.17, 15) is 8.42 Å². The molecular weight excluding hydrogens is 276 g/mol. The third kappa shape index (κ3) is 2.78. The van der Waals surface area contributed by atoms with Crippen LogP contribution in [0.2, 0.25) is 0 Å². The fraction of sp³-hybridized carbons (Fsp3) is 0.462. The molecule has 2 aromatic rings. The Morgan fingerprint density at radius 2 is 2.05 bits per heavy atom. The van der Waals surface area contributed by atoms with Gasteiger partial charge in [0.2, 0.25) is 0 Å². The van der Waals surface area contributed by atoms with Crippen molar-refractivity contribution >= 4 is 21.5 Å².